The summed E-state index contributed by atoms with van der Waals surface area (Å²) in [5.74, 6) is -1.15. The number of rotatable bonds is 3. The number of aliphatic hydroxyl groups excluding tert-OH is 4. The molecule has 0 spiro atoms. The van der Waals surface area contributed by atoms with E-state index < -0.39 is 54.1 Å². The molecule has 0 amide bonds. The fourth-order valence-corrected chi connectivity index (χ4v) is 3.70. The highest BCUT2D eigenvalue weighted by atomic mass is 16.5. The predicted octanol–water partition coefficient (Wildman–Crippen LogP) is 0.0917. The zero-order valence-electron chi connectivity index (χ0n) is 15.9. The molecule has 164 valence electrons. The maximum absolute atomic E-state index is 12.7. The first-order valence-electron chi connectivity index (χ1n) is 9.35. The molecule has 1 saturated heterocycles. The van der Waals surface area contributed by atoms with Crippen molar-refractivity contribution in [3.63, 3.8) is 0 Å². The molecule has 1 aromatic heterocycles. The van der Waals surface area contributed by atoms with E-state index in [9.17, 15) is 40.5 Å². The van der Waals surface area contributed by atoms with E-state index in [0.717, 1.165) is 12.1 Å². The molecule has 7 N–H and O–H groups in total. The fourth-order valence-electron chi connectivity index (χ4n) is 3.70. The monoisotopic (exact) mass is 432 g/mol. The lowest BCUT2D eigenvalue weighted by Gasteiger charge is -2.40. The van der Waals surface area contributed by atoms with Crippen LogP contribution in [0, 0.1) is 0 Å². The highest BCUT2D eigenvalue weighted by Gasteiger charge is 2.46. The largest absolute Gasteiger partial charge is 0.508 e. The smallest absolute Gasteiger partial charge is 0.197 e. The molecule has 3 aromatic rings. The molecular formula is C21H20O10. The van der Waals surface area contributed by atoms with Crippen LogP contribution in [0.5, 0.6) is 17.2 Å². The van der Waals surface area contributed by atoms with Crippen molar-refractivity contribution in [2.24, 2.45) is 0 Å². The van der Waals surface area contributed by atoms with Crippen LogP contribution in [0.2, 0.25) is 0 Å². The number of phenolic OH excluding ortho intramolecular Hbond substituents is 3. The lowest BCUT2D eigenvalue weighted by molar-refractivity contribution is -0.231. The molecule has 1 fully saturated rings. The Hall–Kier alpha value is -3.15. The number of phenols is 3. The molecule has 10 nitrogen and oxygen atoms in total. The molecule has 31 heavy (non-hydrogen) atoms. The molecular weight excluding hydrogens is 412 g/mol. The maximum atomic E-state index is 12.7. The van der Waals surface area contributed by atoms with Gasteiger partial charge in [0.05, 0.1) is 12.2 Å². The molecule has 2 aromatic carbocycles. The summed E-state index contributed by atoms with van der Waals surface area (Å²) >= 11 is 0. The highest BCUT2D eigenvalue weighted by Crippen LogP contribution is 2.43. The highest BCUT2D eigenvalue weighted by molar-refractivity contribution is 5.89. The van der Waals surface area contributed by atoms with Crippen LogP contribution in [-0.2, 0) is 4.74 Å². The SMILES string of the molecule is O=c1cc(-c2ccc(O)cc2)oc2c(C3O[C@H](CO)[C@@H](O)[C@H](O)[C@H]3O)c(O)cc(O)c12. The summed E-state index contributed by atoms with van der Waals surface area (Å²) in [6, 6.07) is 7.69. The predicted molar refractivity (Wildman–Crippen MR) is 106 cm³/mol. The Morgan fingerprint density at radius 2 is 1.55 bits per heavy atom. The molecule has 0 radical (unpaired) electrons. The minimum absolute atomic E-state index is 0.0100. The van der Waals surface area contributed by atoms with E-state index in [2.05, 4.69) is 0 Å². The Balaban J connectivity index is 1.96. The minimum atomic E-state index is -1.75. The van der Waals surface area contributed by atoms with E-state index >= 15 is 0 Å². The van der Waals surface area contributed by atoms with Crippen LogP contribution in [0.3, 0.4) is 0 Å². The van der Waals surface area contributed by atoms with Crippen LogP contribution >= 0.6 is 0 Å². The van der Waals surface area contributed by atoms with E-state index in [1.54, 1.807) is 0 Å². The number of aromatic hydroxyl groups is 3. The van der Waals surface area contributed by atoms with Gasteiger partial charge in [0.2, 0.25) is 0 Å². The van der Waals surface area contributed by atoms with Crippen LogP contribution in [0.4, 0.5) is 0 Å². The molecule has 0 saturated carbocycles. The topological polar surface area (TPSA) is 181 Å². The summed E-state index contributed by atoms with van der Waals surface area (Å²) in [6.45, 7) is -0.694. The fraction of sp³-hybridized carbons (Fsp3) is 0.286. The van der Waals surface area contributed by atoms with Gasteiger partial charge < -0.3 is 44.9 Å². The van der Waals surface area contributed by atoms with Gasteiger partial charge in [0, 0.05) is 17.7 Å². The second-order valence-electron chi connectivity index (χ2n) is 7.30. The molecule has 4 rings (SSSR count). The average Bonchev–Trinajstić information content (AvgIpc) is 2.73. The molecule has 0 bridgehead atoms. The summed E-state index contributed by atoms with van der Waals surface area (Å²) in [7, 11) is 0. The standard InChI is InChI=1S/C21H20O10/c22-7-14-17(27)18(28)19(29)21(31-14)16-11(25)5-10(24)15-12(26)6-13(30-20(15)16)8-1-3-9(23)4-2-8/h1-6,14,17-19,21-25,27-29H,7H2/t14-,17-,18+,19-,21?/m1/s1. The number of fused-ring (bicyclic) bond motifs is 1. The number of hydrogen-bond acceptors (Lipinski definition) is 10. The van der Waals surface area contributed by atoms with E-state index in [-0.39, 0.29) is 28.0 Å². The van der Waals surface area contributed by atoms with Crippen molar-refractivity contribution in [3.8, 4) is 28.6 Å². The van der Waals surface area contributed by atoms with Gasteiger partial charge in [-0.2, -0.15) is 0 Å². The van der Waals surface area contributed by atoms with Crippen molar-refractivity contribution in [3.05, 3.63) is 52.2 Å². The third-order valence-electron chi connectivity index (χ3n) is 5.33. The number of benzene rings is 2. The summed E-state index contributed by atoms with van der Waals surface area (Å²) in [6.07, 6.45) is -7.87. The molecule has 1 unspecified atom stereocenters. The van der Waals surface area contributed by atoms with Crippen LogP contribution in [0.25, 0.3) is 22.3 Å². The number of aliphatic hydroxyl groups is 4. The van der Waals surface area contributed by atoms with Crippen molar-refractivity contribution in [1.82, 2.24) is 0 Å². The Bertz CT molecular complexity index is 1170. The lowest BCUT2D eigenvalue weighted by Crippen LogP contribution is -2.55. The van der Waals surface area contributed by atoms with Crippen molar-refractivity contribution >= 4 is 11.0 Å². The molecule has 5 atom stereocenters. The first-order valence-corrected chi connectivity index (χ1v) is 9.35. The zero-order valence-corrected chi connectivity index (χ0v) is 15.9. The zero-order chi connectivity index (χ0) is 22.4. The quantitative estimate of drug-likeness (QED) is 0.300. The van der Waals surface area contributed by atoms with Crippen molar-refractivity contribution < 1.29 is 44.9 Å². The third-order valence-corrected chi connectivity index (χ3v) is 5.33. The Kier molecular flexibility index (Phi) is 5.33. The molecule has 10 heteroatoms. The Morgan fingerprint density at radius 1 is 0.871 bits per heavy atom. The minimum Gasteiger partial charge on any atom is -0.508 e. The lowest BCUT2D eigenvalue weighted by atomic mass is 9.89. The van der Waals surface area contributed by atoms with Gasteiger partial charge in [-0.15, -0.1) is 0 Å². The first-order chi connectivity index (χ1) is 14.7. The molecule has 2 heterocycles. The van der Waals surface area contributed by atoms with Gasteiger partial charge in [-0.3, -0.25) is 4.79 Å². The first kappa shape index (κ1) is 21.1. The van der Waals surface area contributed by atoms with E-state index in [4.69, 9.17) is 9.15 Å². The number of ether oxygens (including phenoxy) is 1. The van der Waals surface area contributed by atoms with Crippen LogP contribution in [0.1, 0.15) is 11.7 Å². The Labute approximate surface area is 174 Å². The van der Waals surface area contributed by atoms with Crippen molar-refractivity contribution in [2.45, 2.75) is 30.5 Å². The summed E-state index contributed by atoms with van der Waals surface area (Å²) in [5.41, 5.74) is -0.813. The van der Waals surface area contributed by atoms with Gasteiger partial charge in [0.1, 0.15) is 58.9 Å². The van der Waals surface area contributed by atoms with Crippen molar-refractivity contribution in [2.75, 3.05) is 6.61 Å². The Morgan fingerprint density at radius 3 is 2.19 bits per heavy atom. The molecule has 0 aliphatic carbocycles. The van der Waals surface area contributed by atoms with Gasteiger partial charge in [0.15, 0.2) is 11.0 Å². The maximum Gasteiger partial charge on any atom is 0.197 e. The van der Waals surface area contributed by atoms with Crippen LogP contribution in [-0.4, -0.2) is 66.8 Å². The van der Waals surface area contributed by atoms with E-state index in [1.807, 2.05) is 0 Å². The normalized spacial score (nSPS) is 26.3. The van der Waals surface area contributed by atoms with Crippen molar-refractivity contribution in [1.29, 1.82) is 0 Å². The summed E-state index contributed by atoms with van der Waals surface area (Å²) < 4.78 is 11.3. The average molecular weight is 432 g/mol. The van der Waals surface area contributed by atoms with Gasteiger partial charge in [-0.1, -0.05) is 0 Å². The number of hydrogen-bond donors (Lipinski definition) is 7. The van der Waals surface area contributed by atoms with E-state index in [1.165, 1.54) is 24.3 Å². The van der Waals surface area contributed by atoms with Gasteiger partial charge in [-0.25, -0.2) is 0 Å². The second-order valence-corrected chi connectivity index (χ2v) is 7.30. The second kappa shape index (κ2) is 7.84. The van der Waals surface area contributed by atoms with Gasteiger partial charge >= 0.3 is 0 Å². The van der Waals surface area contributed by atoms with E-state index in [0.29, 0.717) is 5.56 Å². The third kappa shape index (κ3) is 3.50. The molecule has 1 aliphatic rings. The van der Waals surface area contributed by atoms with Crippen LogP contribution < -0.4 is 5.43 Å². The van der Waals surface area contributed by atoms with Gasteiger partial charge in [0.25, 0.3) is 0 Å². The van der Waals surface area contributed by atoms with Gasteiger partial charge in [-0.05, 0) is 24.3 Å². The summed E-state index contributed by atoms with van der Waals surface area (Å²) in [4.78, 5) is 12.7. The summed E-state index contributed by atoms with van der Waals surface area (Å²) in [5, 5.41) is 70.0. The molecule has 1 aliphatic heterocycles. The van der Waals surface area contributed by atoms with Crippen LogP contribution in [0.15, 0.2) is 45.6 Å².